The van der Waals surface area contributed by atoms with Gasteiger partial charge in [0, 0.05) is 23.5 Å². The van der Waals surface area contributed by atoms with E-state index in [1.54, 1.807) is 68.0 Å². The standard InChI is InChI=1S/C24H22FN5O3/c1-15-11-16(6-7-18(15)25)21-22(30-20(29-21)5-4-9-27-30)17-8-10-26-19(12-17)28-23(32)24(2,3)13-33-14-31/h4-12,14H,13H2,1-3H3,(H,26,28,32). The average Bonchev–Trinajstić information content (AvgIpc) is 3.19. The molecular formula is C24H22FN5O3. The molecule has 0 aliphatic heterocycles. The zero-order valence-electron chi connectivity index (χ0n) is 18.4. The Balaban J connectivity index is 1.77. The summed E-state index contributed by atoms with van der Waals surface area (Å²) in [5.41, 5.74) is 2.94. The zero-order valence-corrected chi connectivity index (χ0v) is 18.4. The van der Waals surface area contributed by atoms with Gasteiger partial charge in [-0.25, -0.2) is 18.9 Å². The molecule has 1 aromatic carbocycles. The predicted octanol–water partition coefficient (Wildman–Crippen LogP) is 4.04. The van der Waals surface area contributed by atoms with Gasteiger partial charge in [0.25, 0.3) is 6.47 Å². The lowest BCUT2D eigenvalue weighted by Crippen LogP contribution is -2.35. The highest BCUT2D eigenvalue weighted by atomic mass is 19.1. The van der Waals surface area contributed by atoms with Crippen LogP contribution in [0.25, 0.3) is 28.2 Å². The van der Waals surface area contributed by atoms with Crippen LogP contribution in [-0.2, 0) is 14.3 Å². The van der Waals surface area contributed by atoms with Gasteiger partial charge in [-0.2, -0.15) is 5.10 Å². The Morgan fingerprint density at radius 1 is 1.18 bits per heavy atom. The Morgan fingerprint density at radius 2 is 2.00 bits per heavy atom. The van der Waals surface area contributed by atoms with E-state index in [1.807, 2.05) is 6.07 Å². The molecule has 168 valence electrons. The number of halogens is 1. The van der Waals surface area contributed by atoms with Crippen LogP contribution in [-0.4, -0.2) is 38.6 Å². The largest absolute Gasteiger partial charge is 0.467 e. The predicted molar refractivity (Wildman–Crippen MR) is 121 cm³/mol. The number of anilines is 1. The Bertz CT molecular complexity index is 1350. The smallest absolute Gasteiger partial charge is 0.293 e. The van der Waals surface area contributed by atoms with E-state index in [0.29, 0.717) is 40.5 Å². The van der Waals surface area contributed by atoms with Crippen molar-refractivity contribution in [3.05, 3.63) is 66.2 Å². The van der Waals surface area contributed by atoms with E-state index in [4.69, 9.17) is 9.72 Å². The molecule has 33 heavy (non-hydrogen) atoms. The molecule has 9 heteroatoms. The highest BCUT2D eigenvalue weighted by Crippen LogP contribution is 2.33. The van der Waals surface area contributed by atoms with Gasteiger partial charge in [0.1, 0.15) is 23.9 Å². The van der Waals surface area contributed by atoms with Gasteiger partial charge in [-0.1, -0.05) is 0 Å². The second-order valence-corrected chi connectivity index (χ2v) is 8.24. The summed E-state index contributed by atoms with van der Waals surface area (Å²) in [6.45, 7) is 5.28. The zero-order chi connectivity index (χ0) is 23.6. The highest BCUT2D eigenvalue weighted by molar-refractivity contribution is 5.95. The number of carbonyl (C=O) groups is 2. The molecule has 3 heterocycles. The molecule has 4 rings (SSSR count). The van der Waals surface area contributed by atoms with Crippen LogP contribution >= 0.6 is 0 Å². The molecule has 0 radical (unpaired) electrons. The maximum atomic E-state index is 13.9. The van der Waals surface area contributed by atoms with E-state index < -0.39 is 5.41 Å². The first kappa shape index (κ1) is 22.1. The van der Waals surface area contributed by atoms with Crippen LogP contribution in [0.1, 0.15) is 19.4 Å². The molecular weight excluding hydrogens is 425 g/mol. The molecule has 0 unspecified atom stereocenters. The van der Waals surface area contributed by atoms with Gasteiger partial charge in [-0.05, 0) is 68.8 Å². The Labute approximate surface area is 189 Å². The number of aromatic nitrogens is 4. The monoisotopic (exact) mass is 447 g/mol. The molecule has 0 bridgehead atoms. The first-order valence-corrected chi connectivity index (χ1v) is 10.2. The van der Waals surface area contributed by atoms with Crippen LogP contribution in [0.4, 0.5) is 10.2 Å². The number of ether oxygens (including phenoxy) is 1. The Kier molecular flexibility index (Phi) is 5.87. The fourth-order valence-electron chi connectivity index (χ4n) is 3.38. The van der Waals surface area contributed by atoms with Crippen molar-refractivity contribution in [2.24, 2.45) is 5.41 Å². The summed E-state index contributed by atoms with van der Waals surface area (Å²) in [5, 5.41) is 7.20. The summed E-state index contributed by atoms with van der Waals surface area (Å²) in [6, 6.07) is 11.9. The third-order valence-corrected chi connectivity index (χ3v) is 5.23. The quantitative estimate of drug-likeness (QED) is 0.429. The summed E-state index contributed by atoms with van der Waals surface area (Å²) in [7, 11) is 0. The summed E-state index contributed by atoms with van der Waals surface area (Å²) < 4.78 is 20.3. The number of pyridine rings is 1. The van der Waals surface area contributed by atoms with Gasteiger partial charge in [0.2, 0.25) is 5.91 Å². The molecule has 0 atom stereocenters. The van der Waals surface area contributed by atoms with Crippen molar-refractivity contribution in [2.45, 2.75) is 20.8 Å². The molecule has 1 N–H and O–H groups in total. The normalized spacial score (nSPS) is 11.4. The van der Waals surface area contributed by atoms with E-state index in [0.717, 1.165) is 5.56 Å². The minimum absolute atomic E-state index is 0.0622. The molecule has 8 nitrogen and oxygen atoms in total. The van der Waals surface area contributed by atoms with E-state index in [9.17, 15) is 14.0 Å². The van der Waals surface area contributed by atoms with E-state index in [-0.39, 0.29) is 18.3 Å². The molecule has 0 aliphatic carbocycles. The average molecular weight is 447 g/mol. The Hall–Kier alpha value is -4.14. The van der Waals surface area contributed by atoms with Gasteiger partial charge < -0.3 is 10.1 Å². The number of nitrogens with zero attached hydrogens (tertiary/aromatic N) is 4. The lowest BCUT2D eigenvalue weighted by Gasteiger charge is -2.21. The van der Waals surface area contributed by atoms with Crippen molar-refractivity contribution in [3.8, 4) is 22.5 Å². The fraction of sp³-hybridized carbons (Fsp3) is 0.208. The van der Waals surface area contributed by atoms with Gasteiger partial charge >= 0.3 is 0 Å². The summed E-state index contributed by atoms with van der Waals surface area (Å²) >= 11 is 0. The van der Waals surface area contributed by atoms with Crippen molar-refractivity contribution >= 4 is 23.8 Å². The SMILES string of the molecule is Cc1cc(-c2nc3cccnn3c2-c2ccnc(NC(=O)C(C)(C)COC=O)c2)ccc1F. The third-order valence-electron chi connectivity index (χ3n) is 5.23. The van der Waals surface area contributed by atoms with Crippen molar-refractivity contribution in [3.63, 3.8) is 0 Å². The maximum Gasteiger partial charge on any atom is 0.293 e. The lowest BCUT2D eigenvalue weighted by atomic mass is 9.93. The van der Waals surface area contributed by atoms with E-state index >= 15 is 0 Å². The van der Waals surface area contributed by atoms with Crippen molar-refractivity contribution < 1.29 is 18.7 Å². The number of hydrogen-bond acceptors (Lipinski definition) is 6. The van der Waals surface area contributed by atoms with Crippen molar-refractivity contribution in [2.75, 3.05) is 11.9 Å². The van der Waals surface area contributed by atoms with Gasteiger partial charge in [0.15, 0.2) is 5.65 Å². The van der Waals surface area contributed by atoms with Gasteiger partial charge in [-0.15, -0.1) is 0 Å². The number of benzene rings is 1. The van der Waals surface area contributed by atoms with Gasteiger partial charge in [0.05, 0.1) is 11.1 Å². The topological polar surface area (TPSA) is 98.5 Å². The summed E-state index contributed by atoms with van der Waals surface area (Å²) in [5.74, 6) is -0.319. The molecule has 1 amide bonds. The van der Waals surface area contributed by atoms with Crippen LogP contribution in [0.2, 0.25) is 0 Å². The van der Waals surface area contributed by atoms with Crippen LogP contribution in [0.15, 0.2) is 54.9 Å². The van der Waals surface area contributed by atoms with E-state index in [2.05, 4.69) is 15.4 Å². The number of aryl methyl sites for hydroxylation is 1. The van der Waals surface area contributed by atoms with Gasteiger partial charge in [-0.3, -0.25) is 9.59 Å². The van der Waals surface area contributed by atoms with Crippen molar-refractivity contribution in [1.82, 2.24) is 19.6 Å². The number of amides is 1. The number of carbonyl (C=O) groups excluding carboxylic acids is 2. The number of imidazole rings is 1. The molecule has 0 aliphatic rings. The van der Waals surface area contributed by atoms with Crippen LogP contribution in [0, 0.1) is 18.2 Å². The minimum atomic E-state index is -0.944. The number of fused-ring (bicyclic) bond motifs is 1. The van der Waals surface area contributed by atoms with Crippen molar-refractivity contribution in [1.29, 1.82) is 0 Å². The lowest BCUT2D eigenvalue weighted by molar-refractivity contribution is -0.136. The first-order chi connectivity index (χ1) is 15.8. The van der Waals surface area contributed by atoms with Crippen LogP contribution < -0.4 is 5.32 Å². The summed E-state index contributed by atoms with van der Waals surface area (Å²) in [6.07, 6.45) is 3.22. The summed E-state index contributed by atoms with van der Waals surface area (Å²) in [4.78, 5) is 32.2. The van der Waals surface area contributed by atoms with Crippen LogP contribution in [0.3, 0.4) is 0 Å². The fourth-order valence-corrected chi connectivity index (χ4v) is 3.38. The number of hydrogen-bond donors (Lipinski definition) is 1. The second kappa shape index (κ2) is 8.78. The molecule has 3 aromatic heterocycles. The third kappa shape index (κ3) is 4.43. The number of nitrogens with one attached hydrogen (secondary N) is 1. The molecule has 0 spiro atoms. The molecule has 4 aromatic rings. The van der Waals surface area contributed by atoms with E-state index in [1.165, 1.54) is 6.07 Å². The minimum Gasteiger partial charge on any atom is -0.467 e. The first-order valence-electron chi connectivity index (χ1n) is 10.2. The molecule has 0 saturated carbocycles. The second-order valence-electron chi connectivity index (χ2n) is 8.24. The maximum absolute atomic E-state index is 13.9. The Morgan fingerprint density at radius 3 is 2.76 bits per heavy atom. The highest BCUT2D eigenvalue weighted by Gasteiger charge is 2.29. The molecule has 0 fully saturated rings. The van der Waals surface area contributed by atoms with Crippen LogP contribution in [0.5, 0.6) is 0 Å². The molecule has 0 saturated heterocycles. The number of rotatable bonds is 7.